The van der Waals surface area contributed by atoms with E-state index in [1.54, 1.807) is 0 Å². The molecule has 0 aromatic carbocycles. The van der Waals surface area contributed by atoms with Crippen molar-refractivity contribution in [3.63, 3.8) is 0 Å². The highest BCUT2D eigenvalue weighted by Crippen LogP contribution is 2.37. The minimum Gasteiger partial charge on any atom is -0.428 e. The van der Waals surface area contributed by atoms with E-state index in [9.17, 15) is 0 Å². The first-order valence-electron chi connectivity index (χ1n) is 6.37. The van der Waals surface area contributed by atoms with Gasteiger partial charge < -0.3 is 13.9 Å². The molecule has 0 bridgehead atoms. The fourth-order valence-corrected chi connectivity index (χ4v) is 2.20. The number of hydrogen-bond donors (Lipinski definition) is 1. The van der Waals surface area contributed by atoms with E-state index in [2.05, 4.69) is 15.5 Å². The Morgan fingerprint density at radius 1 is 1.39 bits per heavy atom. The molecule has 1 saturated carbocycles. The molecule has 0 radical (unpaired) electrons. The number of ether oxygens (including phenoxy) is 2. The summed E-state index contributed by atoms with van der Waals surface area (Å²) in [6, 6.07) is 0.459. The van der Waals surface area contributed by atoms with Crippen molar-refractivity contribution < 1.29 is 13.9 Å². The maximum Gasteiger partial charge on any atom is 0.219 e. The van der Waals surface area contributed by atoms with E-state index in [0.717, 1.165) is 18.7 Å². The zero-order chi connectivity index (χ0) is 12.8. The fourth-order valence-electron chi connectivity index (χ4n) is 2.20. The molecule has 2 fully saturated rings. The van der Waals surface area contributed by atoms with Crippen LogP contribution in [0.15, 0.2) is 10.8 Å². The van der Waals surface area contributed by atoms with Crippen molar-refractivity contribution in [2.75, 3.05) is 0 Å². The second-order valence-corrected chi connectivity index (χ2v) is 5.96. The van der Waals surface area contributed by atoms with Crippen LogP contribution >= 0.6 is 0 Å². The maximum absolute atomic E-state index is 5.70. The van der Waals surface area contributed by atoms with E-state index in [1.165, 1.54) is 6.39 Å². The van der Waals surface area contributed by atoms with E-state index in [0.29, 0.717) is 12.0 Å². The van der Waals surface area contributed by atoms with Gasteiger partial charge in [0, 0.05) is 12.0 Å². The van der Waals surface area contributed by atoms with Crippen molar-refractivity contribution >= 4 is 0 Å². The highest BCUT2D eigenvalue weighted by molar-refractivity contribution is 5.02. The lowest BCUT2D eigenvalue weighted by molar-refractivity contribution is -0.0572. The molecular weight excluding hydrogens is 234 g/mol. The largest absolute Gasteiger partial charge is 0.428 e. The van der Waals surface area contributed by atoms with Gasteiger partial charge in [-0.25, -0.2) is 0 Å². The van der Waals surface area contributed by atoms with E-state index in [-0.39, 0.29) is 18.1 Å². The molecule has 1 aromatic rings. The third kappa shape index (κ3) is 2.71. The smallest absolute Gasteiger partial charge is 0.219 e. The summed E-state index contributed by atoms with van der Waals surface area (Å²) in [6.07, 6.45) is 3.35. The number of nitrogens with zero attached hydrogens (tertiary/aromatic N) is 2. The van der Waals surface area contributed by atoms with Crippen LogP contribution in [0.4, 0.5) is 0 Å². The van der Waals surface area contributed by atoms with Crippen molar-refractivity contribution in [2.24, 2.45) is 0 Å². The number of rotatable bonds is 4. The van der Waals surface area contributed by atoms with Gasteiger partial charge in [0.15, 0.2) is 12.5 Å². The highest BCUT2D eigenvalue weighted by atomic mass is 16.8. The summed E-state index contributed by atoms with van der Waals surface area (Å²) in [4.78, 5) is 0. The number of nitrogens with one attached hydrogen (secondary N) is 1. The molecule has 1 aliphatic carbocycles. The van der Waals surface area contributed by atoms with Gasteiger partial charge in [-0.15, -0.1) is 10.2 Å². The van der Waals surface area contributed by atoms with Gasteiger partial charge in [-0.2, -0.15) is 0 Å². The first-order valence-corrected chi connectivity index (χ1v) is 6.37. The summed E-state index contributed by atoms with van der Waals surface area (Å²) < 4.78 is 16.3. The quantitative estimate of drug-likeness (QED) is 0.818. The summed E-state index contributed by atoms with van der Waals surface area (Å²) in [5, 5.41) is 11.0. The molecule has 18 heavy (non-hydrogen) atoms. The second kappa shape index (κ2) is 4.29. The standard InChI is InChI=1S/C12H19N3O3/c1-12(2,3)18-11-10(17-11)14-8-4-7(5-8)9-15-13-6-16-9/h6-8,10-11,14H,4-5H2,1-3H3. The Kier molecular flexibility index (Phi) is 2.88. The molecule has 1 aliphatic heterocycles. The zero-order valence-electron chi connectivity index (χ0n) is 10.9. The first-order chi connectivity index (χ1) is 8.51. The van der Waals surface area contributed by atoms with Crippen LogP contribution in [-0.4, -0.2) is 34.4 Å². The highest BCUT2D eigenvalue weighted by Gasteiger charge is 2.46. The predicted molar refractivity (Wildman–Crippen MR) is 62.7 cm³/mol. The van der Waals surface area contributed by atoms with Crippen LogP contribution in [0, 0.1) is 0 Å². The molecule has 1 saturated heterocycles. The van der Waals surface area contributed by atoms with E-state index in [4.69, 9.17) is 13.9 Å². The van der Waals surface area contributed by atoms with Gasteiger partial charge in [-0.05, 0) is 33.6 Å². The van der Waals surface area contributed by atoms with Crippen molar-refractivity contribution in [1.82, 2.24) is 15.5 Å². The zero-order valence-corrected chi connectivity index (χ0v) is 10.9. The predicted octanol–water partition coefficient (Wildman–Crippen LogP) is 1.40. The molecular formula is C12H19N3O3. The Morgan fingerprint density at radius 3 is 2.78 bits per heavy atom. The maximum atomic E-state index is 5.70. The summed E-state index contributed by atoms with van der Waals surface area (Å²) >= 11 is 0. The monoisotopic (exact) mass is 253 g/mol. The minimum atomic E-state index is -0.160. The molecule has 1 aromatic heterocycles. The number of hydrogen-bond acceptors (Lipinski definition) is 6. The molecule has 2 atom stereocenters. The first kappa shape index (κ1) is 12.1. The summed E-state index contributed by atoms with van der Waals surface area (Å²) in [5.41, 5.74) is -0.160. The van der Waals surface area contributed by atoms with Gasteiger partial charge in [0.1, 0.15) is 0 Å². The van der Waals surface area contributed by atoms with Crippen LogP contribution in [0.25, 0.3) is 0 Å². The lowest BCUT2D eigenvalue weighted by Crippen LogP contribution is -2.42. The van der Waals surface area contributed by atoms with Crippen molar-refractivity contribution in [2.45, 2.75) is 63.7 Å². The van der Waals surface area contributed by atoms with Gasteiger partial charge >= 0.3 is 0 Å². The molecule has 1 N–H and O–H groups in total. The van der Waals surface area contributed by atoms with Crippen LogP contribution in [0.5, 0.6) is 0 Å². The van der Waals surface area contributed by atoms with Crippen LogP contribution < -0.4 is 5.32 Å². The fraction of sp³-hybridized carbons (Fsp3) is 0.833. The minimum absolute atomic E-state index is 0.0397. The Morgan fingerprint density at radius 2 is 2.17 bits per heavy atom. The van der Waals surface area contributed by atoms with Crippen LogP contribution in [0.3, 0.4) is 0 Å². The molecule has 6 nitrogen and oxygen atoms in total. The topological polar surface area (TPSA) is 72.7 Å². The Bertz CT molecular complexity index is 395. The average molecular weight is 253 g/mol. The second-order valence-electron chi connectivity index (χ2n) is 5.96. The SMILES string of the molecule is CC(C)(C)OC1OC1NC1CC(c2nnco2)C1. The number of aromatic nitrogens is 2. The average Bonchev–Trinajstić information content (AvgIpc) is 2.74. The van der Waals surface area contributed by atoms with Crippen molar-refractivity contribution in [3.8, 4) is 0 Å². The Balaban J connectivity index is 1.38. The van der Waals surface area contributed by atoms with E-state index < -0.39 is 0 Å². The van der Waals surface area contributed by atoms with Gasteiger partial charge in [-0.1, -0.05) is 0 Å². The molecule has 0 spiro atoms. The molecule has 2 aliphatic rings. The normalized spacial score (nSPS) is 35.3. The van der Waals surface area contributed by atoms with Crippen molar-refractivity contribution in [1.29, 1.82) is 0 Å². The molecule has 0 amide bonds. The van der Waals surface area contributed by atoms with E-state index >= 15 is 0 Å². The lowest BCUT2D eigenvalue weighted by Gasteiger charge is -2.33. The Hall–Kier alpha value is -0.980. The summed E-state index contributed by atoms with van der Waals surface area (Å²) in [7, 11) is 0. The van der Waals surface area contributed by atoms with Crippen LogP contribution in [0.1, 0.15) is 45.4 Å². The molecule has 6 heteroatoms. The lowest BCUT2D eigenvalue weighted by atomic mass is 9.80. The van der Waals surface area contributed by atoms with Gasteiger partial charge in [0.2, 0.25) is 12.3 Å². The Labute approximate surface area is 106 Å². The number of epoxide rings is 1. The van der Waals surface area contributed by atoms with E-state index in [1.807, 2.05) is 20.8 Å². The van der Waals surface area contributed by atoms with Gasteiger partial charge in [0.25, 0.3) is 0 Å². The summed E-state index contributed by atoms with van der Waals surface area (Å²) in [6.45, 7) is 6.09. The third-order valence-corrected chi connectivity index (χ3v) is 3.19. The third-order valence-electron chi connectivity index (χ3n) is 3.19. The van der Waals surface area contributed by atoms with Gasteiger partial charge in [0.05, 0.1) is 5.60 Å². The van der Waals surface area contributed by atoms with Crippen molar-refractivity contribution in [3.05, 3.63) is 12.3 Å². The molecule has 2 heterocycles. The molecule has 100 valence electrons. The van der Waals surface area contributed by atoms with Gasteiger partial charge in [-0.3, -0.25) is 5.32 Å². The summed E-state index contributed by atoms with van der Waals surface area (Å²) in [5.74, 6) is 1.14. The molecule has 3 rings (SSSR count). The van der Waals surface area contributed by atoms with Crippen LogP contribution in [-0.2, 0) is 9.47 Å². The molecule has 2 unspecified atom stereocenters. The van der Waals surface area contributed by atoms with Crippen LogP contribution in [0.2, 0.25) is 0 Å².